The Morgan fingerprint density at radius 3 is 2.94 bits per heavy atom. The third-order valence-electron chi connectivity index (χ3n) is 2.77. The summed E-state index contributed by atoms with van der Waals surface area (Å²) in [6.07, 6.45) is 0.292. The number of carboxylic acids is 1. The summed E-state index contributed by atoms with van der Waals surface area (Å²) in [5, 5.41) is 21.5. The van der Waals surface area contributed by atoms with E-state index in [9.17, 15) is 9.90 Å². The number of ether oxygens (including phenoxy) is 1. The summed E-state index contributed by atoms with van der Waals surface area (Å²) in [5.74, 6) is -0.227. The summed E-state index contributed by atoms with van der Waals surface area (Å²) >= 11 is 0. The van der Waals surface area contributed by atoms with Gasteiger partial charge in [0.05, 0.1) is 7.11 Å². The first-order valence-electron chi connectivity index (χ1n) is 4.96. The minimum Gasteiger partial charge on any atom is -0.508 e. The van der Waals surface area contributed by atoms with E-state index in [1.807, 2.05) is 0 Å². The number of phenolic OH excluding ortho intramolecular Hbond substituents is 1. The monoisotopic (exact) mass is 223 g/mol. The summed E-state index contributed by atoms with van der Waals surface area (Å²) in [6.45, 7) is 0.428. The average Bonchev–Trinajstić information content (AvgIpc) is 2.28. The third-order valence-corrected chi connectivity index (χ3v) is 2.77. The molecule has 0 bridgehead atoms. The van der Waals surface area contributed by atoms with Gasteiger partial charge in [0.1, 0.15) is 17.5 Å². The van der Waals surface area contributed by atoms with Crippen LogP contribution in [0, 0.1) is 0 Å². The van der Waals surface area contributed by atoms with Crippen LogP contribution in [0.15, 0.2) is 12.1 Å². The molecule has 1 atom stereocenters. The zero-order chi connectivity index (χ0) is 11.7. The topological polar surface area (TPSA) is 78.8 Å². The number of aromatic hydroxyl groups is 1. The van der Waals surface area contributed by atoms with E-state index in [-0.39, 0.29) is 5.75 Å². The van der Waals surface area contributed by atoms with E-state index in [1.54, 1.807) is 6.07 Å². The van der Waals surface area contributed by atoms with Crippen LogP contribution >= 0.6 is 0 Å². The number of aliphatic carboxylic acids is 1. The smallest absolute Gasteiger partial charge is 0.321 e. The van der Waals surface area contributed by atoms with Crippen LogP contribution in [-0.4, -0.2) is 29.3 Å². The van der Waals surface area contributed by atoms with Gasteiger partial charge in [0.25, 0.3) is 0 Å². The van der Waals surface area contributed by atoms with Gasteiger partial charge >= 0.3 is 5.97 Å². The van der Waals surface area contributed by atoms with Gasteiger partial charge in [-0.25, -0.2) is 0 Å². The fourth-order valence-electron chi connectivity index (χ4n) is 1.88. The van der Waals surface area contributed by atoms with Gasteiger partial charge in [-0.05, 0) is 11.6 Å². The Bertz CT molecular complexity index is 430. The van der Waals surface area contributed by atoms with Crippen molar-refractivity contribution in [2.24, 2.45) is 0 Å². The first-order chi connectivity index (χ1) is 7.61. The van der Waals surface area contributed by atoms with Crippen LogP contribution in [0.25, 0.3) is 0 Å². The average molecular weight is 223 g/mol. The minimum atomic E-state index is -0.902. The number of hydrogen-bond acceptors (Lipinski definition) is 4. The number of hydrogen-bond donors (Lipinski definition) is 3. The molecule has 1 aliphatic heterocycles. The van der Waals surface area contributed by atoms with Crippen molar-refractivity contribution in [3.63, 3.8) is 0 Å². The molecule has 2 rings (SSSR count). The van der Waals surface area contributed by atoms with Gasteiger partial charge in [-0.2, -0.15) is 0 Å². The predicted molar refractivity (Wildman–Crippen MR) is 56.6 cm³/mol. The van der Waals surface area contributed by atoms with Crippen LogP contribution in [0.5, 0.6) is 11.5 Å². The van der Waals surface area contributed by atoms with Crippen molar-refractivity contribution >= 4 is 5.97 Å². The van der Waals surface area contributed by atoms with Crippen LogP contribution in [0.4, 0.5) is 0 Å². The lowest BCUT2D eigenvalue weighted by Gasteiger charge is -2.24. The summed E-state index contributed by atoms with van der Waals surface area (Å²) < 4.78 is 5.03. The number of methoxy groups -OCH3 is 1. The van der Waals surface area contributed by atoms with E-state index in [1.165, 1.54) is 13.2 Å². The molecule has 0 aromatic heterocycles. The molecule has 86 valence electrons. The van der Waals surface area contributed by atoms with E-state index in [2.05, 4.69) is 5.32 Å². The molecule has 0 radical (unpaired) electrons. The predicted octanol–water partition coefficient (Wildman–Crippen LogP) is 0.500. The van der Waals surface area contributed by atoms with Crippen molar-refractivity contribution in [2.75, 3.05) is 7.11 Å². The minimum absolute atomic E-state index is 0.0992. The van der Waals surface area contributed by atoms with Crippen molar-refractivity contribution in [3.8, 4) is 11.5 Å². The number of carbonyl (C=O) groups is 1. The number of rotatable bonds is 2. The van der Waals surface area contributed by atoms with Gasteiger partial charge in [0.15, 0.2) is 0 Å². The largest absolute Gasteiger partial charge is 0.508 e. The Labute approximate surface area is 92.7 Å². The van der Waals surface area contributed by atoms with E-state index in [4.69, 9.17) is 9.84 Å². The summed E-state index contributed by atoms with van der Waals surface area (Å²) in [4.78, 5) is 10.8. The Morgan fingerprint density at radius 1 is 1.56 bits per heavy atom. The Kier molecular flexibility index (Phi) is 2.70. The highest BCUT2D eigenvalue weighted by Gasteiger charge is 2.26. The number of fused-ring (bicyclic) bond motifs is 1. The third kappa shape index (κ3) is 1.81. The lowest BCUT2D eigenvalue weighted by molar-refractivity contribution is -0.139. The first-order valence-corrected chi connectivity index (χ1v) is 4.96. The van der Waals surface area contributed by atoms with Gasteiger partial charge in [-0.15, -0.1) is 0 Å². The number of nitrogens with one attached hydrogen (secondary N) is 1. The summed E-state index contributed by atoms with van der Waals surface area (Å²) in [7, 11) is 1.53. The number of benzene rings is 1. The SMILES string of the molecule is COc1cc(O)c2c(c1)CNC(C(=O)O)C2. The fraction of sp³-hybridized carbons (Fsp3) is 0.364. The maximum absolute atomic E-state index is 10.8. The summed E-state index contributed by atoms with van der Waals surface area (Å²) in [6, 6.07) is 2.68. The Balaban J connectivity index is 2.35. The number of phenols is 1. The highest BCUT2D eigenvalue weighted by atomic mass is 16.5. The lowest BCUT2D eigenvalue weighted by atomic mass is 9.94. The fourth-order valence-corrected chi connectivity index (χ4v) is 1.88. The standard InChI is InChI=1S/C11H13NO4/c1-16-7-2-6-5-12-9(11(14)15)4-8(6)10(13)3-7/h2-3,9,12-13H,4-5H2,1H3,(H,14,15). The molecule has 3 N–H and O–H groups in total. The van der Waals surface area contributed by atoms with E-state index in [0.717, 1.165) is 5.56 Å². The van der Waals surface area contributed by atoms with Gasteiger partial charge < -0.3 is 20.3 Å². The Morgan fingerprint density at radius 2 is 2.31 bits per heavy atom. The molecule has 5 heteroatoms. The van der Waals surface area contributed by atoms with E-state index in [0.29, 0.717) is 24.3 Å². The van der Waals surface area contributed by atoms with Crippen molar-refractivity contribution in [1.82, 2.24) is 5.32 Å². The van der Waals surface area contributed by atoms with Gasteiger partial charge in [0, 0.05) is 24.6 Å². The summed E-state index contributed by atoms with van der Waals surface area (Å²) in [5.41, 5.74) is 1.57. The molecule has 1 unspecified atom stereocenters. The van der Waals surface area contributed by atoms with Gasteiger partial charge in [-0.3, -0.25) is 4.79 Å². The highest BCUT2D eigenvalue weighted by Crippen LogP contribution is 2.31. The second-order valence-electron chi connectivity index (χ2n) is 3.76. The molecule has 1 aromatic rings. The second kappa shape index (κ2) is 4.02. The van der Waals surface area contributed by atoms with Crippen LogP contribution in [0.3, 0.4) is 0 Å². The van der Waals surface area contributed by atoms with Crippen LogP contribution in [0.2, 0.25) is 0 Å². The molecule has 16 heavy (non-hydrogen) atoms. The normalized spacial score (nSPS) is 18.9. The lowest BCUT2D eigenvalue weighted by Crippen LogP contribution is -2.41. The molecule has 5 nitrogen and oxygen atoms in total. The molecule has 0 fully saturated rings. The van der Waals surface area contributed by atoms with Crippen molar-refractivity contribution in [1.29, 1.82) is 0 Å². The molecule has 0 spiro atoms. The molecular formula is C11H13NO4. The van der Waals surface area contributed by atoms with Crippen LogP contribution < -0.4 is 10.1 Å². The molecule has 0 aliphatic carbocycles. The second-order valence-corrected chi connectivity index (χ2v) is 3.76. The zero-order valence-corrected chi connectivity index (χ0v) is 8.86. The molecule has 0 saturated heterocycles. The number of carboxylic acid groups (broad SMARTS) is 1. The van der Waals surface area contributed by atoms with E-state index >= 15 is 0 Å². The molecule has 0 amide bonds. The maximum atomic E-state index is 10.8. The Hall–Kier alpha value is -1.75. The quantitative estimate of drug-likeness (QED) is 0.680. The molecule has 0 saturated carbocycles. The van der Waals surface area contributed by atoms with Gasteiger partial charge in [-0.1, -0.05) is 0 Å². The molecule has 1 aliphatic rings. The molecular weight excluding hydrogens is 210 g/mol. The van der Waals surface area contributed by atoms with Crippen molar-refractivity contribution < 1.29 is 19.7 Å². The van der Waals surface area contributed by atoms with Gasteiger partial charge in [0.2, 0.25) is 0 Å². The van der Waals surface area contributed by atoms with Crippen molar-refractivity contribution in [2.45, 2.75) is 19.0 Å². The highest BCUT2D eigenvalue weighted by molar-refractivity contribution is 5.74. The zero-order valence-electron chi connectivity index (χ0n) is 8.86. The van der Waals surface area contributed by atoms with Crippen LogP contribution in [-0.2, 0) is 17.8 Å². The molecule has 1 aromatic carbocycles. The van der Waals surface area contributed by atoms with Crippen LogP contribution in [0.1, 0.15) is 11.1 Å². The first kappa shape index (κ1) is 10.8. The van der Waals surface area contributed by atoms with Crippen molar-refractivity contribution in [3.05, 3.63) is 23.3 Å². The maximum Gasteiger partial charge on any atom is 0.321 e. The van der Waals surface area contributed by atoms with E-state index < -0.39 is 12.0 Å². The molecule has 1 heterocycles.